The number of hydrogen-bond donors (Lipinski definition) is 8. The van der Waals surface area contributed by atoms with Crippen LogP contribution in [0.5, 0.6) is 5.75 Å². The largest absolute Gasteiger partial charge is 0.496 e. The average Bonchev–Trinajstić information content (AvgIpc) is 4.03. The van der Waals surface area contributed by atoms with Gasteiger partial charge in [-0.25, -0.2) is 0 Å². The van der Waals surface area contributed by atoms with Gasteiger partial charge in [0.1, 0.15) is 23.9 Å². The van der Waals surface area contributed by atoms with Crippen LogP contribution in [0.15, 0.2) is 48.6 Å². The highest BCUT2D eigenvalue weighted by atomic mass is 16.5. The molecule has 2 aromatic carbocycles. The van der Waals surface area contributed by atoms with Gasteiger partial charge in [-0.15, -0.1) is 0 Å². The van der Waals surface area contributed by atoms with Crippen LogP contribution in [-0.2, 0) is 40.5 Å². The predicted octanol–water partition coefficient (Wildman–Crippen LogP) is 2.27. The Balaban J connectivity index is 1.11. The van der Waals surface area contributed by atoms with Crippen molar-refractivity contribution < 1.29 is 53.8 Å². The van der Waals surface area contributed by atoms with Gasteiger partial charge >= 0.3 is 17.9 Å². The van der Waals surface area contributed by atoms with Crippen LogP contribution >= 0.6 is 0 Å². The van der Waals surface area contributed by atoms with E-state index in [0.29, 0.717) is 69.5 Å². The number of carboxylic acid groups (broad SMARTS) is 1. The zero-order chi connectivity index (χ0) is 50.8. The van der Waals surface area contributed by atoms with Crippen molar-refractivity contribution in [3.8, 4) is 5.75 Å². The van der Waals surface area contributed by atoms with Gasteiger partial charge in [0.25, 0.3) is 5.91 Å². The lowest BCUT2D eigenvalue weighted by Crippen LogP contribution is -2.81. The molecule has 0 radical (unpaired) electrons. The second-order valence-electron chi connectivity index (χ2n) is 21.3. The predicted molar refractivity (Wildman–Crippen MR) is 265 cm³/mol. The number of piperidine rings is 1. The molecule has 18 heteroatoms. The third-order valence-corrected chi connectivity index (χ3v) is 17.6. The monoisotopic (exact) mass is 984 g/mol. The van der Waals surface area contributed by atoms with Crippen molar-refractivity contribution in [2.45, 2.75) is 124 Å². The molecule has 13 atom stereocenters. The lowest BCUT2D eigenvalue weighted by molar-refractivity contribution is -0.203. The van der Waals surface area contributed by atoms with Crippen molar-refractivity contribution >= 4 is 40.4 Å². The van der Waals surface area contributed by atoms with E-state index in [1.165, 1.54) is 14.0 Å². The first-order chi connectivity index (χ1) is 33.9. The van der Waals surface area contributed by atoms with Crippen molar-refractivity contribution in [3.05, 3.63) is 70.9 Å². The number of aliphatic hydroxyl groups excluding tert-OH is 1. The number of para-hydroxylation sites is 1. The topological polar surface area (TPSA) is 252 Å². The molecule has 1 aliphatic carbocycles. The van der Waals surface area contributed by atoms with Crippen molar-refractivity contribution in [1.82, 2.24) is 25.4 Å². The number of methoxy groups -OCH3 is 2. The summed E-state index contributed by atoms with van der Waals surface area (Å²) in [6.07, 6.45) is 6.13. The molecule has 1 amide bonds. The summed E-state index contributed by atoms with van der Waals surface area (Å²) in [6.45, 7) is 8.75. The fraction of sp³-hybridized carbons (Fsp3) is 0.623. The van der Waals surface area contributed by atoms with Gasteiger partial charge < -0.3 is 60.9 Å². The van der Waals surface area contributed by atoms with Crippen LogP contribution in [0.3, 0.4) is 0 Å². The van der Waals surface area contributed by atoms with E-state index < -0.39 is 81.9 Å². The van der Waals surface area contributed by atoms with Crippen LogP contribution < -0.4 is 26.0 Å². The maximum atomic E-state index is 15.0. The lowest BCUT2D eigenvalue weighted by Gasteiger charge is -2.63. The Bertz CT molecular complexity index is 2570. The van der Waals surface area contributed by atoms with Crippen LogP contribution in [0.4, 0.5) is 5.69 Å². The normalized spacial score (nSPS) is 33.0. The van der Waals surface area contributed by atoms with Crippen LogP contribution in [-0.4, -0.2) is 174 Å². The molecule has 9 rings (SSSR count). The smallest absolute Gasteiger partial charge is 0.322 e. The van der Waals surface area contributed by atoms with Crippen LogP contribution in [0.25, 0.3) is 10.9 Å². The summed E-state index contributed by atoms with van der Waals surface area (Å²) in [4.78, 5) is 64.2. The molecule has 2 bridgehead atoms. The Morgan fingerprint density at radius 3 is 2.54 bits per heavy atom. The summed E-state index contributed by atoms with van der Waals surface area (Å²) in [5.41, 5.74) is 5.61. The van der Waals surface area contributed by atoms with E-state index in [1.54, 1.807) is 7.11 Å². The number of fused-ring (bicyclic) bond motifs is 6. The maximum absolute atomic E-state index is 15.0. The number of ether oxygens (including phenoxy) is 3. The minimum atomic E-state index is -2.37. The summed E-state index contributed by atoms with van der Waals surface area (Å²) in [5.74, 6) is -3.80. The average molecular weight is 984 g/mol. The highest BCUT2D eigenvalue weighted by molar-refractivity contribution is 5.91. The SMILES string of the molecule is CCC1(O)CC2CC([C@@H](C(=O)OC)c3cc4c(cc3OC)N(C)C3C45CCN4CC=C[C@](CC)(C45)[C@@H](O)[C@]3(O)C(=O)NCCCOC(=O)C(C)NCC(N)C(=O)O)c3[nH]c4ccccc4c3CCN(C2)C1. The number of carboxylic acids is 1. The van der Waals surface area contributed by atoms with Gasteiger partial charge in [-0.05, 0) is 87.6 Å². The Morgan fingerprint density at radius 2 is 1.82 bits per heavy atom. The number of aromatic nitrogens is 1. The van der Waals surface area contributed by atoms with E-state index in [4.69, 9.17) is 25.1 Å². The summed E-state index contributed by atoms with van der Waals surface area (Å²) < 4.78 is 17.5. The third kappa shape index (κ3) is 8.21. The fourth-order valence-electron chi connectivity index (χ4n) is 14.3. The number of hydrogen-bond acceptors (Lipinski definition) is 15. The minimum absolute atomic E-state index is 0.0120. The number of amides is 1. The molecule has 2 saturated heterocycles. The van der Waals surface area contributed by atoms with Crippen LogP contribution in [0.1, 0.15) is 93.5 Å². The molecule has 6 aliphatic rings. The number of likely N-dealkylation sites (N-methyl/N-ethyl adjacent to an activating group) is 1. The van der Waals surface area contributed by atoms with E-state index in [1.807, 2.05) is 56.1 Å². The van der Waals surface area contributed by atoms with Gasteiger partial charge in [0.05, 0.1) is 38.4 Å². The second kappa shape index (κ2) is 19.4. The number of H-pyrrole nitrogens is 1. The first-order valence-electron chi connectivity index (χ1n) is 25.5. The number of carbonyl (C=O) groups is 4. The molecule has 71 heavy (non-hydrogen) atoms. The summed E-state index contributed by atoms with van der Waals surface area (Å²) in [5, 5.41) is 54.0. The highest BCUT2D eigenvalue weighted by Crippen LogP contribution is 2.67. The molecule has 3 aromatic rings. The third-order valence-electron chi connectivity index (χ3n) is 17.6. The number of benzene rings is 2. The molecule has 9 N–H and O–H groups in total. The molecule has 5 aliphatic heterocycles. The Labute approximate surface area is 415 Å². The minimum Gasteiger partial charge on any atom is -0.496 e. The number of aliphatic carboxylic acids is 1. The van der Waals surface area contributed by atoms with Gasteiger partial charge in [0.15, 0.2) is 5.60 Å². The van der Waals surface area contributed by atoms with E-state index in [0.717, 1.165) is 46.5 Å². The molecule has 3 fully saturated rings. The summed E-state index contributed by atoms with van der Waals surface area (Å²) in [7, 11) is 4.84. The van der Waals surface area contributed by atoms with Gasteiger partial charge in [-0.3, -0.25) is 29.0 Å². The first-order valence-corrected chi connectivity index (χ1v) is 25.5. The summed E-state index contributed by atoms with van der Waals surface area (Å²) >= 11 is 0. The first kappa shape index (κ1) is 50.8. The number of aliphatic hydroxyl groups is 3. The van der Waals surface area contributed by atoms with Crippen LogP contribution in [0.2, 0.25) is 0 Å². The van der Waals surface area contributed by atoms with E-state index in [9.17, 15) is 34.5 Å². The molecule has 1 saturated carbocycles. The van der Waals surface area contributed by atoms with E-state index in [-0.39, 0.29) is 38.1 Å². The van der Waals surface area contributed by atoms with Gasteiger partial charge in [0.2, 0.25) is 0 Å². The van der Waals surface area contributed by atoms with Crippen molar-refractivity contribution in [2.24, 2.45) is 17.1 Å². The van der Waals surface area contributed by atoms with Gasteiger partial charge in [0, 0.05) is 103 Å². The zero-order valence-electron chi connectivity index (χ0n) is 41.9. The molecule has 6 heterocycles. The number of nitrogens with two attached hydrogens (primary N) is 1. The summed E-state index contributed by atoms with van der Waals surface area (Å²) in [6, 6.07) is 8.91. The van der Waals surface area contributed by atoms with Crippen LogP contribution in [0, 0.1) is 11.3 Å². The second-order valence-corrected chi connectivity index (χ2v) is 21.3. The molecular formula is C53H73N7O11. The lowest BCUT2D eigenvalue weighted by atomic mass is 9.47. The Kier molecular flexibility index (Phi) is 13.9. The Morgan fingerprint density at radius 1 is 1.04 bits per heavy atom. The molecule has 18 nitrogen and oxygen atoms in total. The highest BCUT2D eigenvalue weighted by Gasteiger charge is 2.78. The van der Waals surface area contributed by atoms with E-state index in [2.05, 4.69) is 43.6 Å². The molecule has 9 unspecified atom stereocenters. The fourth-order valence-corrected chi connectivity index (χ4v) is 14.3. The maximum Gasteiger partial charge on any atom is 0.322 e. The van der Waals surface area contributed by atoms with Crippen molar-refractivity contribution in [3.63, 3.8) is 0 Å². The number of nitrogens with one attached hydrogen (secondary N) is 3. The number of aromatic amines is 1. The molecular weight excluding hydrogens is 911 g/mol. The van der Waals surface area contributed by atoms with Gasteiger partial charge in [-0.1, -0.05) is 44.2 Å². The standard InChI is InChI=1S/C53H73N7O11/c1-7-50(67)26-31-23-35(42-33(15-20-59(28-31)29-50)32-13-9-10-14-38(32)57-42)41(45(64)70-6)34-24-36-39(25-40(34)69-5)58(4)47-52(36)17-21-60-19-11-16-51(8-2,46(52)60)48(65)53(47,68)49(66)55-18-12-22-71-44(63)30(3)56-27-37(54)43(61)62/h9-11,13-14,16,24-25,30-31,35,37,41,46-48,56-57,65,67-68H,7-8,12,15,17-23,26-29,54H2,1-6H3,(H,55,66)(H,61,62)/t30?,31?,35?,37?,41-,46?,47?,48+,50?,51+,52?,53-/m0/s1. The number of anilines is 1. The van der Waals surface area contributed by atoms with Gasteiger partial charge in [-0.2, -0.15) is 0 Å². The number of rotatable bonds is 16. The zero-order valence-corrected chi connectivity index (χ0v) is 41.9. The molecule has 1 aromatic heterocycles. The van der Waals surface area contributed by atoms with E-state index >= 15 is 0 Å². The molecule has 386 valence electrons. The quantitative estimate of drug-likeness (QED) is 0.0583. The number of carbonyl (C=O) groups excluding carboxylic acids is 3. The number of esters is 2. The van der Waals surface area contributed by atoms with Crippen molar-refractivity contribution in [1.29, 1.82) is 0 Å². The number of nitrogens with zero attached hydrogens (tertiary/aromatic N) is 3. The Hall–Kier alpha value is -5.08. The molecule has 1 spiro atoms. The van der Waals surface area contributed by atoms with Crippen molar-refractivity contribution in [2.75, 3.05) is 78.6 Å².